The van der Waals surface area contributed by atoms with Gasteiger partial charge in [0.2, 0.25) is 0 Å². The lowest BCUT2D eigenvalue weighted by molar-refractivity contribution is 0.202. The predicted molar refractivity (Wildman–Crippen MR) is 93.4 cm³/mol. The van der Waals surface area contributed by atoms with Gasteiger partial charge in [0.15, 0.2) is 0 Å². The van der Waals surface area contributed by atoms with Crippen molar-refractivity contribution in [1.29, 1.82) is 0 Å². The SMILES string of the molecule is Cc1ccc(CN2CCn3nc(CNC(=O)N(C)C)cc3C2)c(F)c1. The minimum Gasteiger partial charge on any atom is -0.332 e. The summed E-state index contributed by atoms with van der Waals surface area (Å²) in [6.07, 6.45) is 0. The Hall–Kier alpha value is -2.41. The third-order valence-corrected chi connectivity index (χ3v) is 4.36. The monoisotopic (exact) mass is 345 g/mol. The third-order valence-electron chi connectivity index (χ3n) is 4.36. The lowest BCUT2D eigenvalue weighted by Gasteiger charge is -2.27. The zero-order valence-electron chi connectivity index (χ0n) is 14.9. The van der Waals surface area contributed by atoms with E-state index in [2.05, 4.69) is 15.3 Å². The summed E-state index contributed by atoms with van der Waals surface area (Å²) in [5.41, 5.74) is 3.58. The molecular weight excluding hydrogens is 321 g/mol. The standard InChI is InChI=1S/C18H24FN5O/c1-13-4-5-14(17(19)8-13)11-23-6-7-24-16(12-23)9-15(21-24)10-20-18(25)22(2)3/h4-5,8-9H,6-7,10-12H2,1-3H3,(H,20,25). The van der Waals surface area contributed by atoms with Gasteiger partial charge in [0.25, 0.3) is 0 Å². The van der Waals surface area contributed by atoms with E-state index < -0.39 is 0 Å². The molecule has 1 N–H and O–H groups in total. The Balaban J connectivity index is 1.62. The van der Waals surface area contributed by atoms with Gasteiger partial charge in [-0.25, -0.2) is 9.18 Å². The zero-order chi connectivity index (χ0) is 18.0. The minimum absolute atomic E-state index is 0.137. The molecule has 0 unspecified atom stereocenters. The second-order valence-corrected chi connectivity index (χ2v) is 6.71. The topological polar surface area (TPSA) is 53.4 Å². The molecule has 134 valence electrons. The number of hydrogen-bond acceptors (Lipinski definition) is 3. The molecule has 1 aliphatic heterocycles. The van der Waals surface area contributed by atoms with Gasteiger partial charge in [0.05, 0.1) is 24.5 Å². The van der Waals surface area contributed by atoms with Crippen LogP contribution in [0.3, 0.4) is 0 Å². The molecule has 0 atom stereocenters. The molecule has 0 spiro atoms. The second-order valence-electron chi connectivity index (χ2n) is 6.71. The van der Waals surface area contributed by atoms with E-state index >= 15 is 0 Å². The number of nitrogens with one attached hydrogen (secondary N) is 1. The molecule has 25 heavy (non-hydrogen) atoms. The largest absolute Gasteiger partial charge is 0.332 e. The van der Waals surface area contributed by atoms with E-state index in [0.29, 0.717) is 13.1 Å². The smallest absolute Gasteiger partial charge is 0.317 e. The number of rotatable bonds is 4. The average Bonchev–Trinajstić information content (AvgIpc) is 2.97. The van der Waals surface area contributed by atoms with E-state index in [1.165, 1.54) is 4.90 Å². The van der Waals surface area contributed by atoms with E-state index in [1.807, 2.05) is 29.8 Å². The third kappa shape index (κ3) is 4.17. The van der Waals surface area contributed by atoms with Crippen molar-refractivity contribution in [3.05, 3.63) is 52.6 Å². The van der Waals surface area contributed by atoms with Gasteiger partial charge in [-0.2, -0.15) is 5.10 Å². The molecule has 1 aromatic heterocycles. The summed E-state index contributed by atoms with van der Waals surface area (Å²) in [5.74, 6) is -0.147. The van der Waals surface area contributed by atoms with Gasteiger partial charge >= 0.3 is 6.03 Å². The highest BCUT2D eigenvalue weighted by Crippen LogP contribution is 2.18. The van der Waals surface area contributed by atoms with Gasteiger partial charge in [-0.3, -0.25) is 9.58 Å². The van der Waals surface area contributed by atoms with Gasteiger partial charge in [0.1, 0.15) is 5.82 Å². The first kappa shape index (κ1) is 17.4. The molecule has 0 saturated heterocycles. The molecule has 0 radical (unpaired) electrons. The van der Waals surface area contributed by atoms with Crippen LogP contribution < -0.4 is 5.32 Å². The fourth-order valence-corrected chi connectivity index (χ4v) is 2.95. The maximum absolute atomic E-state index is 14.1. The number of carbonyl (C=O) groups excluding carboxylic acids is 1. The Morgan fingerprint density at radius 3 is 2.84 bits per heavy atom. The van der Waals surface area contributed by atoms with Crippen molar-refractivity contribution >= 4 is 6.03 Å². The van der Waals surface area contributed by atoms with Gasteiger partial charge in [-0.1, -0.05) is 12.1 Å². The van der Waals surface area contributed by atoms with Crippen molar-refractivity contribution in [2.45, 2.75) is 33.1 Å². The number of hydrogen-bond donors (Lipinski definition) is 1. The first-order valence-electron chi connectivity index (χ1n) is 8.40. The highest BCUT2D eigenvalue weighted by atomic mass is 19.1. The molecule has 1 aromatic carbocycles. The summed E-state index contributed by atoms with van der Waals surface area (Å²) in [6.45, 7) is 5.20. The van der Waals surface area contributed by atoms with E-state index in [-0.39, 0.29) is 11.8 Å². The first-order valence-corrected chi connectivity index (χ1v) is 8.40. The maximum Gasteiger partial charge on any atom is 0.317 e. The fourth-order valence-electron chi connectivity index (χ4n) is 2.95. The number of urea groups is 1. The number of aryl methyl sites for hydroxylation is 1. The van der Waals surface area contributed by atoms with Crippen molar-refractivity contribution in [2.75, 3.05) is 20.6 Å². The lowest BCUT2D eigenvalue weighted by atomic mass is 10.1. The quantitative estimate of drug-likeness (QED) is 0.923. The molecule has 6 nitrogen and oxygen atoms in total. The van der Waals surface area contributed by atoms with Crippen LogP contribution in [0.15, 0.2) is 24.3 Å². The molecule has 3 rings (SSSR count). The van der Waals surface area contributed by atoms with E-state index in [1.54, 1.807) is 20.2 Å². The Bertz CT molecular complexity index is 771. The van der Waals surface area contributed by atoms with Crippen LogP contribution in [0, 0.1) is 12.7 Å². The van der Waals surface area contributed by atoms with Crippen LogP contribution in [0.5, 0.6) is 0 Å². The number of halogens is 1. The number of carbonyl (C=O) groups is 1. The Kier molecular flexibility index (Phi) is 5.03. The summed E-state index contributed by atoms with van der Waals surface area (Å²) >= 11 is 0. The van der Waals surface area contributed by atoms with Crippen LogP contribution in [0.4, 0.5) is 9.18 Å². The first-order chi connectivity index (χ1) is 11.9. The summed E-state index contributed by atoms with van der Waals surface area (Å²) in [4.78, 5) is 15.3. The van der Waals surface area contributed by atoms with Gasteiger partial charge < -0.3 is 10.2 Å². The van der Waals surface area contributed by atoms with Crippen molar-refractivity contribution in [1.82, 2.24) is 24.9 Å². The van der Waals surface area contributed by atoms with Crippen LogP contribution in [0.25, 0.3) is 0 Å². The average molecular weight is 345 g/mol. The summed E-state index contributed by atoms with van der Waals surface area (Å²) in [5, 5.41) is 7.35. The fraction of sp³-hybridized carbons (Fsp3) is 0.444. The minimum atomic E-state index is -0.147. The highest BCUT2D eigenvalue weighted by Gasteiger charge is 2.19. The Morgan fingerprint density at radius 1 is 1.32 bits per heavy atom. The van der Waals surface area contributed by atoms with Crippen LogP contribution in [-0.2, 0) is 26.2 Å². The molecule has 0 fully saturated rings. The Labute approximate surface area is 147 Å². The lowest BCUT2D eigenvalue weighted by Crippen LogP contribution is -2.34. The number of nitrogens with zero attached hydrogens (tertiary/aromatic N) is 4. The van der Waals surface area contributed by atoms with E-state index in [4.69, 9.17) is 0 Å². The molecule has 1 aliphatic rings. The number of benzene rings is 1. The number of fused-ring (bicyclic) bond motifs is 1. The van der Waals surface area contributed by atoms with Gasteiger partial charge in [0, 0.05) is 39.3 Å². The molecule has 2 amide bonds. The van der Waals surface area contributed by atoms with Gasteiger partial charge in [-0.05, 0) is 24.6 Å². The van der Waals surface area contributed by atoms with E-state index in [0.717, 1.165) is 42.1 Å². The van der Waals surface area contributed by atoms with Gasteiger partial charge in [-0.15, -0.1) is 0 Å². The van der Waals surface area contributed by atoms with Crippen molar-refractivity contribution < 1.29 is 9.18 Å². The molecule has 2 aromatic rings. The predicted octanol–water partition coefficient (Wildman–Crippen LogP) is 2.12. The maximum atomic E-state index is 14.1. The molecule has 7 heteroatoms. The second kappa shape index (κ2) is 7.23. The number of amides is 2. The van der Waals surface area contributed by atoms with E-state index in [9.17, 15) is 9.18 Å². The molecule has 0 aliphatic carbocycles. The van der Waals surface area contributed by atoms with Crippen molar-refractivity contribution in [3.63, 3.8) is 0 Å². The van der Waals surface area contributed by atoms with Crippen LogP contribution in [0.2, 0.25) is 0 Å². The number of aromatic nitrogens is 2. The zero-order valence-corrected chi connectivity index (χ0v) is 14.9. The summed E-state index contributed by atoms with van der Waals surface area (Å²) < 4.78 is 16.0. The summed E-state index contributed by atoms with van der Waals surface area (Å²) in [6, 6.07) is 7.25. The van der Waals surface area contributed by atoms with Crippen molar-refractivity contribution in [2.24, 2.45) is 0 Å². The molecule has 0 saturated carbocycles. The van der Waals surface area contributed by atoms with Crippen LogP contribution in [0.1, 0.15) is 22.5 Å². The summed E-state index contributed by atoms with van der Waals surface area (Å²) in [7, 11) is 3.41. The van der Waals surface area contributed by atoms with Crippen molar-refractivity contribution in [3.8, 4) is 0 Å². The van der Waals surface area contributed by atoms with Crippen LogP contribution in [-0.4, -0.2) is 46.3 Å². The normalized spacial score (nSPS) is 14.2. The highest BCUT2D eigenvalue weighted by molar-refractivity contribution is 5.73. The van der Waals surface area contributed by atoms with Crippen LogP contribution >= 0.6 is 0 Å². The molecule has 2 heterocycles. The molecular formula is C18H24FN5O. The Morgan fingerprint density at radius 2 is 2.12 bits per heavy atom. The molecule has 0 bridgehead atoms.